The fourth-order valence-corrected chi connectivity index (χ4v) is 2.47. The molecule has 3 amide bonds. The number of amides is 3. The largest absolute Gasteiger partial charge is 0.362 e. The number of halogens is 1. The number of hydrogen-bond donors (Lipinski definition) is 2. The molecule has 1 aromatic carbocycles. The van der Waals surface area contributed by atoms with E-state index >= 15 is 0 Å². The molecule has 3 N–H and O–H groups in total. The van der Waals surface area contributed by atoms with E-state index in [0.717, 1.165) is 17.7 Å². The van der Waals surface area contributed by atoms with E-state index in [2.05, 4.69) is 0 Å². The summed E-state index contributed by atoms with van der Waals surface area (Å²) in [4.78, 5) is 24.0. The smallest absolute Gasteiger partial charge is 0.318 e. The van der Waals surface area contributed by atoms with E-state index in [1.807, 2.05) is 12.2 Å². The lowest BCUT2D eigenvalue weighted by molar-refractivity contribution is -0.118. The van der Waals surface area contributed by atoms with Crippen LogP contribution in [0.1, 0.15) is 17.5 Å². The second-order valence-electron chi connectivity index (χ2n) is 4.63. The van der Waals surface area contributed by atoms with Crippen molar-refractivity contribution in [1.82, 2.24) is 5.32 Å². The van der Waals surface area contributed by atoms with Gasteiger partial charge in [0.1, 0.15) is 5.82 Å². The highest BCUT2D eigenvalue weighted by Gasteiger charge is 2.23. The number of carbonyl (C=O) groups is 2. The van der Waals surface area contributed by atoms with Crippen LogP contribution in [0.15, 0.2) is 12.1 Å². The van der Waals surface area contributed by atoms with Crippen molar-refractivity contribution in [3.63, 3.8) is 0 Å². The molecule has 0 radical (unpaired) electrons. The average Bonchev–Trinajstić information content (AvgIpc) is 2.33. The highest BCUT2D eigenvalue weighted by Crippen LogP contribution is 2.32. The number of nitrogens with two attached hydrogens (primary N) is 1. The number of carbonyl (C=O) groups excluding carboxylic acids is 2. The van der Waals surface area contributed by atoms with E-state index in [1.54, 1.807) is 11.0 Å². The first-order valence-corrected chi connectivity index (χ1v) is 6.11. The molecule has 2 rings (SSSR count). The number of aryl methyl sites for hydroxylation is 1. The molecule has 1 aromatic rings. The van der Waals surface area contributed by atoms with Gasteiger partial charge < -0.3 is 10.6 Å². The molecule has 1 heterocycles. The Labute approximate surface area is 110 Å². The lowest BCUT2D eigenvalue weighted by Gasteiger charge is -2.32. The predicted octanol–water partition coefficient (Wildman–Crippen LogP) is 1.08. The number of imide groups is 1. The Morgan fingerprint density at radius 1 is 1.47 bits per heavy atom. The minimum atomic E-state index is -0.877. The molecule has 0 saturated carbocycles. The van der Waals surface area contributed by atoms with E-state index < -0.39 is 11.9 Å². The highest BCUT2D eigenvalue weighted by molar-refractivity contribution is 5.96. The number of anilines is 1. The molecule has 1 aliphatic heterocycles. The van der Waals surface area contributed by atoms with Gasteiger partial charge in [0.25, 0.3) is 0 Å². The number of urea groups is 1. The van der Waals surface area contributed by atoms with E-state index in [-0.39, 0.29) is 12.4 Å². The predicted molar refractivity (Wildman–Crippen MR) is 69.4 cm³/mol. The lowest BCUT2D eigenvalue weighted by atomic mass is 9.97. The van der Waals surface area contributed by atoms with Gasteiger partial charge in [0, 0.05) is 17.8 Å². The number of nitrogens with zero attached hydrogens (tertiary/aromatic N) is 1. The van der Waals surface area contributed by atoms with Crippen molar-refractivity contribution >= 4 is 17.6 Å². The summed E-state index contributed by atoms with van der Waals surface area (Å²) in [7, 11) is 0. The Bertz CT molecular complexity index is 531. The maximum Gasteiger partial charge on any atom is 0.318 e. The van der Waals surface area contributed by atoms with Crippen molar-refractivity contribution in [2.75, 3.05) is 18.0 Å². The molecule has 0 unspecified atom stereocenters. The minimum Gasteiger partial charge on any atom is -0.362 e. The van der Waals surface area contributed by atoms with Gasteiger partial charge in [0.05, 0.1) is 6.54 Å². The monoisotopic (exact) mass is 265 g/mol. The molecule has 102 valence electrons. The summed E-state index contributed by atoms with van der Waals surface area (Å²) in [6.07, 6.45) is 1.44. The van der Waals surface area contributed by atoms with E-state index in [0.29, 0.717) is 18.5 Å². The van der Waals surface area contributed by atoms with Crippen LogP contribution in [0.3, 0.4) is 0 Å². The maximum atomic E-state index is 13.8. The molecule has 0 aliphatic carbocycles. The zero-order valence-corrected chi connectivity index (χ0v) is 10.7. The summed E-state index contributed by atoms with van der Waals surface area (Å²) in [6.45, 7) is 2.53. The molecule has 0 saturated heterocycles. The van der Waals surface area contributed by atoms with Crippen LogP contribution in [0.4, 0.5) is 14.9 Å². The first kappa shape index (κ1) is 13.3. The Kier molecular flexibility index (Phi) is 3.69. The molecule has 0 aromatic heterocycles. The molecule has 5 nitrogen and oxygen atoms in total. The molecule has 19 heavy (non-hydrogen) atoms. The Balaban J connectivity index is 2.25. The van der Waals surface area contributed by atoms with Crippen LogP contribution in [0.2, 0.25) is 0 Å². The number of fused-ring (bicyclic) bond motifs is 1. The minimum absolute atomic E-state index is 0.000231. The zero-order valence-electron chi connectivity index (χ0n) is 10.7. The Morgan fingerprint density at radius 3 is 2.89 bits per heavy atom. The number of primary amides is 1. The van der Waals surface area contributed by atoms with Crippen LogP contribution in [-0.2, 0) is 11.2 Å². The van der Waals surface area contributed by atoms with Gasteiger partial charge in [-0.25, -0.2) is 9.18 Å². The maximum absolute atomic E-state index is 13.8. The summed E-state index contributed by atoms with van der Waals surface area (Å²) >= 11 is 0. The van der Waals surface area contributed by atoms with Crippen molar-refractivity contribution in [3.8, 4) is 0 Å². The molecule has 0 bridgehead atoms. The van der Waals surface area contributed by atoms with Crippen LogP contribution in [0.5, 0.6) is 0 Å². The van der Waals surface area contributed by atoms with Crippen molar-refractivity contribution in [1.29, 1.82) is 0 Å². The Morgan fingerprint density at radius 2 is 2.21 bits per heavy atom. The standard InChI is InChI=1S/C13H16FN3O2/c1-8-4-5-10(14)9-3-2-6-17(12(8)9)7-11(18)16-13(15)19/h4-5H,2-3,6-7H2,1H3,(H3,15,16,18,19). The van der Waals surface area contributed by atoms with E-state index in [4.69, 9.17) is 5.73 Å². The molecular formula is C13H16FN3O2. The molecule has 0 spiro atoms. The highest BCUT2D eigenvalue weighted by atomic mass is 19.1. The molecule has 1 aliphatic rings. The molecule has 6 heteroatoms. The van der Waals surface area contributed by atoms with Crippen molar-refractivity contribution in [2.45, 2.75) is 19.8 Å². The first-order valence-electron chi connectivity index (χ1n) is 6.11. The lowest BCUT2D eigenvalue weighted by Crippen LogP contribution is -2.44. The third kappa shape index (κ3) is 2.83. The molecule has 0 atom stereocenters. The topological polar surface area (TPSA) is 75.4 Å². The van der Waals surface area contributed by atoms with Crippen molar-refractivity contribution < 1.29 is 14.0 Å². The zero-order chi connectivity index (χ0) is 14.0. The van der Waals surface area contributed by atoms with Gasteiger partial charge in [-0.1, -0.05) is 6.07 Å². The number of hydrogen-bond acceptors (Lipinski definition) is 3. The van der Waals surface area contributed by atoms with Crippen LogP contribution >= 0.6 is 0 Å². The van der Waals surface area contributed by atoms with E-state index in [1.165, 1.54) is 6.07 Å². The Hall–Kier alpha value is -2.11. The van der Waals surface area contributed by atoms with E-state index in [9.17, 15) is 14.0 Å². The second kappa shape index (κ2) is 5.26. The SMILES string of the molecule is Cc1ccc(F)c2c1N(CC(=O)NC(N)=O)CCC2. The van der Waals surface area contributed by atoms with Gasteiger partial charge in [0.15, 0.2) is 0 Å². The van der Waals surface area contributed by atoms with Gasteiger partial charge in [-0.15, -0.1) is 0 Å². The number of rotatable bonds is 2. The van der Waals surface area contributed by atoms with Crippen LogP contribution in [0.25, 0.3) is 0 Å². The number of benzene rings is 1. The van der Waals surface area contributed by atoms with Gasteiger partial charge in [0.2, 0.25) is 5.91 Å². The summed E-state index contributed by atoms with van der Waals surface area (Å²) < 4.78 is 13.8. The fourth-order valence-electron chi connectivity index (χ4n) is 2.47. The third-order valence-corrected chi connectivity index (χ3v) is 3.20. The van der Waals surface area contributed by atoms with Crippen molar-refractivity contribution in [3.05, 3.63) is 29.1 Å². The van der Waals surface area contributed by atoms with Crippen molar-refractivity contribution in [2.24, 2.45) is 5.73 Å². The fraction of sp³-hybridized carbons (Fsp3) is 0.385. The van der Waals surface area contributed by atoms with Gasteiger partial charge in [-0.05, 0) is 31.4 Å². The molecular weight excluding hydrogens is 249 g/mol. The third-order valence-electron chi connectivity index (χ3n) is 3.20. The molecule has 0 fully saturated rings. The van der Waals surface area contributed by atoms with Crippen LogP contribution < -0.4 is 16.0 Å². The quantitative estimate of drug-likeness (QED) is 0.840. The van der Waals surface area contributed by atoms with Crippen LogP contribution in [-0.4, -0.2) is 25.0 Å². The number of nitrogens with one attached hydrogen (secondary N) is 1. The summed E-state index contributed by atoms with van der Waals surface area (Å²) in [5.74, 6) is -0.732. The summed E-state index contributed by atoms with van der Waals surface area (Å²) in [6, 6.07) is 2.26. The van der Waals surface area contributed by atoms with Crippen LogP contribution in [0, 0.1) is 12.7 Å². The second-order valence-corrected chi connectivity index (χ2v) is 4.63. The summed E-state index contributed by atoms with van der Waals surface area (Å²) in [5.41, 5.74) is 7.21. The first-order chi connectivity index (χ1) is 8.99. The summed E-state index contributed by atoms with van der Waals surface area (Å²) in [5, 5.41) is 2.02. The van der Waals surface area contributed by atoms with Gasteiger partial charge in [-0.3, -0.25) is 10.1 Å². The van der Waals surface area contributed by atoms with Gasteiger partial charge in [-0.2, -0.15) is 0 Å². The average molecular weight is 265 g/mol. The van der Waals surface area contributed by atoms with Gasteiger partial charge >= 0.3 is 6.03 Å². The normalized spacial score (nSPS) is 13.9.